The fraction of sp³-hybridized carbons (Fsp3) is 0.833. The van der Waals surface area contributed by atoms with Crippen LogP contribution in [0.25, 0.3) is 0 Å². The molecule has 0 saturated carbocycles. The topological polar surface area (TPSA) is 35.5 Å². The van der Waals surface area contributed by atoms with Gasteiger partial charge in [0.05, 0.1) is 7.11 Å². The lowest BCUT2D eigenvalue weighted by Gasteiger charge is -2.22. The molecule has 0 radical (unpaired) electrons. The second kappa shape index (κ2) is 4.69. The van der Waals surface area contributed by atoms with Crippen molar-refractivity contribution in [3.63, 3.8) is 0 Å². The van der Waals surface area contributed by atoms with Crippen LogP contribution in [0.5, 0.6) is 0 Å². The van der Waals surface area contributed by atoms with E-state index in [4.69, 9.17) is 0 Å². The van der Waals surface area contributed by atoms with Crippen molar-refractivity contribution in [1.29, 1.82) is 0 Å². The maximum Gasteiger partial charge on any atom is 0.423 e. The maximum atomic E-state index is 11.8. The van der Waals surface area contributed by atoms with Gasteiger partial charge in [0, 0.05) is 0 Å². The molecule has 15 heavy (non-hydrogen) atoms. The van der Waals surface area contributed by atoms with E-state index < -0.39 is 31.0 Å². The number of ether oxygens (including phenoxy) is 2. The van der Waals surface area contributed by atoms with Gasteiger partial charge in [0.2, 0.25) is 6.10 Å². The Morgan fingerprint density at radius 2 is 1.53 bits per heavy atom. The van der Waals surface area contributed by atoms with Gasteiger partial charge in [0.1, 0.15) is 6.61 Å². The van der Waals surface area contributed by atoms with Crippen LogP contribution in [-0.2, 0) is 14.3 Å². The Hall–Kier alpha value is -0.990. The van der Waals surface area contributed by atoms with Crippen LogP contribution in [0.15, 0.2) is 0 Å². The summed E-state index contributed by atoms with van der Waals surface area (Å²) in [6.07, 6.45) is -15.2. The Balaban J connectivity index is 4.49. The molecule has 0 aromatic heterocycles. The number of rotatable bonds is 3. The quantitative estimate of drug-likeness (QED) is 0.556. The number of halogens is 6. The van der Waals surface area contributed by atoms with Crippen LogP contribution in [0.2, 0.25) is 0 Å². The zero-order valence-corrected chi connectivity index (χ0v) is 7.28. The van der Waals surface area contributed by atoms with Crippen molar-refractivity contribution in [2.24, 2.45) is 0 Å². The van der Waals surface area contributed by atoms with Gasteiger partial charge in [0.25, 0.3) is 0 Å². The number of carbonyl (C=O) groups excluding carboxylic acids is 1. The van der Waals surface area contributed by atoms with E-state index in [1.165, 1.54) is 0 Å². The van der Waals surface area contributed by atoms with Crippen LogP contribution in [0, 0.1) is 0 Å². The molecule has 0 amide bonds. The van der Waals surface area contributed by atoms with Crippen LogP contribution < -0.4 is 0 Å². The van der Waals surface area contributed by atoms with Gasteiger partial charge in [-0.25, -0.2) is 4.79 Å². The Morgan fingerprint density at radius 1 is 1.13 bits per heavy atom. The van der Waals surface area contributed by atoms with E-state index in [2.05, 4.69) is 9.47 Å². The number of hydrogen-bond acceptors (Lipinski definition) is 3. The van der Waals surface area contributed by atoms with Crippen LogP contribution in [-0.4, -0.2) is 38.1 Å². The smallest absolute Gasteiger partial charge is 0.423 e. The molecule has 0 aromatic carbocycles. The summed E-state index contributed by atoms with van der Waals surface area (Å²) < 4.78 is 77.9. The highest BCUT2D eigenvalue weighted by molar-refractivity contribution is 5.70. The molecule has 0 N–H and O–H groups in total. The highest BCUT2D eigenvalue weighted by Gasteiger charge is 2.58. The SMILES string of the molecule is COC(=O)COC(C(F)(F)F)C(F)(F)F. The number of methoxy groups -OCH3 is 1. The van der Waals surface area contributed by atoms with Crippen LogP contribution in [0.1, 0.15) is 0 Å². The first-order valence-electron chi connectivity index (χ1n) is 3.41. The standard InChI is InChI=1S/C6H6F6O3/c1-14-3(13)2-15-4(5(7,8)9)6(10,11)12/h4H,2H2,1H3. The van der Waals surface area contributed by atoms with Gasteiger partial charge in [-0.1, -0.05) is 0 Å². The largest absolute Gasteiger partial charge is 0.467 e. The molecule has 0 spiro atoms. The molecule has 0 atom stereocenters. The summed E-state index contributed by atoms with van der Waals surface area (Å²) >= 11 is 0. The fourth-order valence-electron chi connectivity index (χ4n) is 0.585. The third kappa shape index (κ3) is 4.86. The van der Waals surface area contributed by atoms with Crippen LogP contribution in [0.3, 0.4) is 0 Å². The monoisotopic (exact) mass is 240 g/mol. The zero-order chi connectivity index (χ0) is 12.3. The maximum absolute atomic E-state index is 11.8. The molecule has 0 aliphatic carbocycles. The van der Waals surface area contributed by atoms with Crippen LogP contribution in [0.4, 0.5) is 26.3 Å². The van der Waals surface area contributed by atoms with Crippen molar-refractivity contribution in [2.75, 3.05) is 13.7 Å². The Morgan fingerprint density at radius 3 is 1.80 bits per heavy atom. The van der Waals surface area contributed by atoms with E-state index in [0.717, 1.165) is 7.11 Å². The molecule has 0 unspecified atom stereocenters. The highest BCUT2D eigenvalue weighted by atomic mass is 19.4. The van der Waals surface area contributed by atoms with Crippen molar-refractivity contribution < 1.29 is 40.6 Å². The van der Waals surface area contributed by atoms with E-state index in [1.54, 1.807) is 0 Å². The molecule has 0 aliphatic heterocycles. The van der Waals surface area contributed by atoms with Gasteiger partial charge >= 0.3 is 18.3 Å². The van der Waals surface area contributed by atoms with Gasteiger partial charge < -0.3 is 9.47 Å². The Kier molecular flexibility index (Phi) is 4.38. The van der Waals surface area contributed by atoms with E-state index in [-0.39, 0.29) is 0 Å². The lowest BCUT2D eigenvalue weighted by atomic mass is 10.3. The summed E-state index contributed by atoms with van der Waals surface area (Å²) in [5.74, 6) is -1.33. The predicted octanol–water partition coefficient (Wildman–Crippen LogP) is 1.67. The Labute approximate surface area is 79.9 Å². The molecular formula is C6H6F6O3. The minimum absolute atomic E-state index is 0.807. The van der Waals surface area contributed by atoms with Crippen molar-refractivity contribution in [2.45, 2.75) is 18.5 Å². The number of esters is 1. The second-order valence-corrected chi connectivity index (χ2v) is 2.35. The molecule has 0 bridgehead atoms. The van der Waals surface area contributed by atoms with E-state index in [0.29, 0.717) is 0 Å². The minimum atomic E-state index is -5.62. The van der Waals surface area contributed by atoms with Gasteiger partial charge in [-0.05, 0) is 0 Å². The van der Waals surface area contributed by atoms with Crippen molar-refractivity contribution in [3.05, 3.63) is 0 Å². The number of hydrogen-bond donors (Lipinski definition) is 0. The first kappa shape index (κ1) is 14.0. The average Bonchev–Trinajstić information content (AvgIpc) is 1.99. The van der Waals surface area contributed by atoms with E-state index >= 15 is 0 Å². The molecule has 9 heteroatoms. The first-order chi connectivity index (χ1) is 6.59. The first-order valence-corrected chi connectivity index (χ1v) is 3.41. The number of carbonyl (C=O) groups is 1. The van der Waals surface area contributed by atoms with Crippen molar-refractivity contribution in [1.82, 2.24) is 0 Å². The summed E-state index contributed by atoms with van der Waals surface area (Å²) in [7, 11) is 0.807. The molecule has 90 valence electrons. The molecule has 3 nitrogen and oxygen atoms in total. The summed E-state index contributed by atoms with van der Waals surface area (Å²) in [5.41, 5.74) is 0. The lowest BCUT2D eigenvalue weighted by molar-refractivity contribution is -0.320. The molecule has 0 aliphatic rings. The minimum Gasteiger partial charge on any atom is -0.467 e. The summed E-state index contributed by atoms with van der Waals surface area (Å²) in [6.45, 7) is -1.42. The second-order valence-electron chi connectivity index (χ2n) is 2.35. The Bertz CT molecular complexity index is 206. The predicted molar refractivity (Wildman–Crippen MR) is 33.9 cm³/mol. The van der Waals surface area contributed by atoms with E-state index in [1.807, 2.05) is 0 Å². The normalized spacial score (nSPS) is 13.1. The fourth-order valence-corrected chi connectivity index (χ4v) is 0.585. The molecular weight excluding hydrogens is 234 g/mol. The molecule has 0 rings (SSSR count). The zero-order valence-electron chi connectivity index (χ0n) is 7.28. The lowest BCUT2D eigenvalue weighted by Crippen LogP contribution is -2.45. The average molecular weight is 240 g/mol. The van der Waals surface area contributed by atoms with Crippen molar-refractivity contribution >= 4 is 5.97 Å². The summed E-state index contributed by atoms with van der Waals surface area (Å²) in [6, 6.07) is 0. The van der Waals surface area contributed by atoms with Gasteiger partial charge in [0.15, 0.2) is 0 Å². The molecule has 0 saturated heterocycles. The molecule has 0 fully saturated rings. The summed E-state index contributed by atoms with van der Waals surface area (Å²) in [5, 5.41) is 0. The third-order valence-corrected chi connectivity index (χ3v) is 1.19. The number of alkyl halides is 6. The van der Waals surface area contributed by atoms with Gasteiger partial charge in [-0.15, -0.1) is 0 Å². The highest BCUT2D eigenvalue weighted by Crippen LogP contribution is 2.35. The molecule has 0 heterocycles. The van der Waals surface area contributed by atoms with E-state index in [9.17, 15) is 31.1 Å². The third-order valence-electron chi connectivity index (χ3n) is 1.19. The molecule has 0 aromatic rings. The van der Waals surface area contributed by atoms with Crippen molar-refractivity contribution in [3.8, 4) is 0 Å². The van der Waals surface area contributed by atoms with Crippen LogP contribution >= 0.6 is 0 Å². The summed E-state index contributed by atoms with van der Waals surface area (Å²) in [4.78, 5) is 10.3. The van der Waals surface area contributed by atoms with Gasteiger partial charge in [-0.2, -0.15) is 26.3 Å². The van der Waals surface area contributed by atoms with Gasteiger partial charge in [-0.3, -0.25) is 0 Å².